The van der Waals surface area contributed by atoms with Crippen molar-refractivity contribution in [3.63, 3.8) is 0 Å². The molecule has 3 heteroatoms. The van der Waals surface area contributed by atoms with Crippen molar-refractivity contribution < 1.29 is 9.90 Å². The van der Waals surface area contributed by atoms with E-state index in [1.54, 1.807) is 0 Å². The summed E-state index contributed by atoms with van der Waals surface area (Å²) in [6.45, 7) is 9.40. The van der Waals surface area contributed by atoms with E-state index in [1.165, 1.54) is 0 Å². The zero-order chi connectivity index (χ0) is 10.5. The Morgan fingerprint density at radius 3 is 2.00 bits per heavy atom. The predicted octanol–water partition coefficient (Wildman–Crippen LogP) is 1.73. The normalized spacial score (nSPS) is 18.5. The molecule has 0 saturated carbocycles. The molecule has 1 saturated heterocycles. The van der Waals surface area contributed by atoms with Crippen molar-refractivity contribution >= 4 is 5.97 Å². The summed E-state index contributed by atoms with van der Waals surface area (Å²) >= 11 is 0. The molecule has 0 atom stereocenters. The van der Waals surface area contributed by atoms with E-state index in [1.807, 2.05) is 13.8 Å². The molecule has 0 bridgehead atoms. The lowest BCUT2D eigenvalue weighted by Gasteiger charge is -2.39. The van der Waals surface area contributed by atoms with Crippen LogP contribution >= 0.6 is 0 Å². The third-order valence-corrected chi connectivity index (χ3v) is 2.18. The predicted molar refractivity (Wildman–Crippen MR) is 53.7 cm³/mol. The van der Waals surface area contributed by atoms with E-state index >= 15 is 0 Å². The molecular weight excluding hydrogens is 166 g/mol. The molecule has 1 fully saturated rings. The molecule has 0 spiro atoms. The van der Waals surface area contributed by atoms with Crippen molar-refractivity contribution in [2.45, 2.75) is 34.1 Å². The van der Waals surface area contributed by atoms with Gasteiger partial charge in [0.15, 0.2) is 0 Å². The zero-order valence-electron chi connectivity index (χ0n) is 9.05. The van der Waals surface area contributed by atoms with Crippen molar-refractivity contribution in [2.75, 3.05) is 13.1 Å². The summed E-state index contributed by atoms with van der Waals surface area (Å²) in [6, 6.07) is 0. The molecule has 0 aromatic rings. The van der Waals surface area contributed by atoms with Gasteiger partial charge in [0.25, 0.3) is 0 Å². The fourth-order valence-electron chi connectivity index (χ4n) is 1.59. The Kier molecular flexibility index (Phi) is 4.99. The fraction of sp³-hybridized carbons (Fsp3) is 0.900. The van der Waals surface area contributed by atoms with Crippen LogP contribution in [0.1, 0.15) is 34.1 Å². The smallest absolute Gasteiger partial charge is 0.312 e. The van der Waals surface area contributed by atoms with Crippen LogP contribution in [0.2, 0.25) is 0 Å². The topological polar surface area (TPSA) is 49.3 Å². The molecule has 1 heterocycles. The summed E-state index contributed by atoms with van der Waals surface area (Å²) in [5.41, 5.74) is -0.450. The first-order valence-electron chi connectivity index (χ1n) is 5.01. The van der Waals surface area contributed by atoms with E-state index in [-0.39, 0.29) is 0 Å². The minimum Gasteiger partial charge on any atom is -0.481 e. The first-order chi connectivity index (χ1) is 6.07. The summed E-state index contributed by atoms with van der Waals surface area (Å²) in [7, 11) is 0. The number of carboxylic acid groups (broad SMARTS) is 1. The van der Waals surface area contributed by atoms with Crippen LogP contribution in [-0.2, 0) is 4.79 Å². The van der Waals surface area contributed by atoms with Gasteiger partial charge >= 0.3 is 5.97 Å². The number of rotatable bonds is 3. The molecule has 0 unspecified atom stereocenters. The molecule has 2 N–H and O–H groups in total. The van der Waals surface area contributed by atoms with Crippen LogP contribution < -0.4 is 5.32 Å². The Morgan fingerprint density at radius 1 is 1.46 bits per heavy atom. The van der Waals surface area contributed by atoms with Crippen LogP contribution in [0, 0.1) is 11.3 Å². The molecule has 0 aromatic carbocycles. The number of carbonyl (C=O) groups is 1. The number of hydrogen-bond acceptors (Lipinski definition) is 2. The third kappa shape index (κ3) is 2.99. The van der Waals surface area contributed by atoms with Crippen LogP contribution in [0.5, 0.6) is 0 Å². The third-order valence-electron chi connectivity index (χ3n) is 2.18. The average molecular weight is 187 g/mol. The Hall–Kier alpha value is -0.570. The number of aliphatic carboxylic acids is 1. The van der Waals surface area contributed by atoms with E-state index < -0.39 is 11.4 Å². The molecule has 0 amide bonds. The van der Waals surface area contributed by atoms with Crippen molar-refractivity contribution in [2.24, 2.45) is 11.3 Å². The van der Waals surface area contributed by atoms with Gasteiger partial charge in [-0.3, -0.25) is 4.79 Å². The standard InChI is InChI=1S/C8H15NO2.C2H6/c1-6(2)3-8(7(10)11)4-9-5-8;1-2/h6,9H,3-5H2,1-2H3,(H,10,11);1-2H3. The molecule has 1 rings (SSSR count). The lowest BCUT2D eigenvalue weighted by molar-refractivity contribution is -0.153. The molecule has 3 nitrogen and oxygen atoms in total. The van der Waals surface area contributed by atoms with E-state index in [9.17, 15) is 4.79 Å². The van der Waals surface area contributed by atoms with E-state index in [0.29, 0.717) is 19.0 Å². The summed E-state index contributed by atoms with van der Waals surface area (Å²) < 4.78 is 0. The summed E-state index contributed by atoms with van der Waals surface area (Å²) in [5.74, 6) is -0.182. The quantitative estimate of drug-likeness (QED) is 0.707. The van der Waals surface area contributed by atoms with Crippen LogP contribution in [0.3, 0.4) is 0 Å². The van der Waals surface area contributed by atoms with Gasteiger partial charge in [-0.15, -0.1) is 0 Å². The van der Waals surface area contributed by atoms with Crippen molar-refractivity contribution in [1.29, 1.82) is 0 Å². The molecule has 1 aliphatic rings. The molecule has 0 radical (unpaired) electrons. The Morgan fingerprint density at radius 2 is 1.92 bits per heavy atom. The van der Waals surface area contributed by atoms with Gasteiger partial charge in [0, 0.05) is 13.1 Å². The van der Waals surface area contributed by atoms with Gasteiger partial charge in [-0.05, 0) is 12.3 Å². The molecule has 78 valence electrons. The van der Waals surface area contributed by atoms with Gasteiger partial charge < -0.3 is 10.4 Å². The minimum absolute atomic E-state index is 0.450. The highest BCUT2D eigenvalue weighted by molar-refractivity contribution is 5.76. The first-order valence-corrected chi connectivity index (χ1v) is 5.01. The van der Waals surface area contributed by atoms with Crippen molar-refractivity contribution in [3.8, 4) is 0 Å². The van der Waals surface area contributed by atoms with E-state index in [0.717, 1.165) is 6.42 Å². The van der Waals surface area contributed by atoms with Gasteiger partial charge in [-0.2, -0.15) is 0 Å². The Balaban J connectivity index is 0.000000671. The van der Waals surface area contributed by atoms with Gasteiger partial charge in [0.05, 0.1) is 5.41 Å². The van der Waals surface area contributed by atoms with Crippen LogP contribution in [0.4, 0.5) is 0 Å². The molecule has 0 aliphatic carbocycles. The maximum absolute atomic E-state index is 10.8. The maximum atomic E-state index is 10.8. The first kappa shape index (κ1) is 12.4. The summed E-state index contributed by atoms with van der Waals surface area (Å²) in [6.07, 6.45) is 0.787. The van der Waals surface area contributed by atoms with Crippen molar-refractivity contribution in [1.82, 2.24) is 5.32 Å². The Bertz CT molecular complexity index is 162. The van der Waals surface area contributed by atoms with Crippen LogP contribution in [0.15, 0.2) is 0 Å². The largest absolute Gasteiger partial charge is 0.481 e. The monoisotopic (exact) mass is 187 g/mol. The Labute approximate surface area is 80.5 Å². The molecular formula is C10H21NO2. The summed E-state index contributed by atoms with van der Waals surface area (Å²) in [4.78, 5) is 10.8. The number of carboxylic acids is 1. The van der Waals surface area contributed by atoms with Gasteiger partial charge in [-0.1, -0.05) is 27.7 Å². The minimum atomic E-state index is -0.648. The average Bonchev–Trinajstić information content (AvgIpc) is 2.00. The SMILES string of the molecule is CC.CC(C)CC1(C(=O)O)CNC1. The van der Waals surface area contributed by atoms with Gasteiger partial charge in [0.1, 0.15) is 0 Å². The number of hydrogen-bond donors (Lipinski definition) is 2. The van der Waals surface area contributed by atoms with Crippen LogP contribution in [-0.4, -0.2) is 24.2 Å². The number of nitrogens with one attached hydrogen (secondary N) is 1. The molecule has 1 aliphatic heterocycles. The van der Waals surface area contributed by atoms with Crippen molar-refractivity contribution in [3.05, 3.63) is 0 Å². The maximum Gasteiger partial charge on any atom is 0.312 e. The molecule has 13 heavy (non-hydrogen) atoms. The van der Waals surface area contributed by atoms with E-state index in [4.69, 9.17) is 5.11 Å². The highest BCUT2D eigenvalue weighted by Crippen LogP contribution is 2.30. The highest BCUT2D eigenvalue weighted by Gasteiger charge is 2.44. The summed E-state index contributed by atoms with van der Waals surface area (Å²) in [5, 5.41) is 11.9. The van der Waals surface area contributed by atoms with Crippen LogP contribution in [0.25, 0.3) is 0 Å². The zero-order valence-corrected chi connectivity index (χ0v) is 9.05. The van der Waals surface area contributed by atoms with E-state index in [2.05, 4.69) is 19.2 Å². The fourth-order valence-corrected chi connectivity index (χ4v) is 1.59. The second-order valence-electron chi connectivity index (χ2n) is 3.79. The highest BCUT2D eigenvalue weighted by atomic mass is 16.4. The lowest BCUT2D eigenvalue weighted by atomic mass is 9.75. The lowest BCUT2D eigenvalue weighted by Crippen LogP contribution is -2.58. The molecule has 0 aromatic heterocycles. The second kappa shape index (κ2) is 5.22. The van der Waals surface area contributed by atoms with Gasteiger partial charge in [0.2, 0.25) is 0 Å². The second-order valence-corrected chi connectivity index (χ2v) is 3.79. The van der Waals surface area contributed by atoms with Gasteiger partial charge in [-0.25, -0.2) is 0 Å².